The number of rotatable bonds is 7. The van der Waals surface area contributed by atoms with Gasteiger partial charge in [0.15, 0.2) is 0 Å². The maximum atomic E-state index is 12.2. The van der Waals surface area contributed by atoms with E-state index in [2.05, 4.69) is 43.8 Å². The summed E-state index contributed by atoms with van der Waals surface area (Å²) < 4.78 is 9.33. The Labute approximate surface area is 241 Å². The number of aromatic nitrogens is 4. The number of benzene rings is 2. The van der Waals surface area contributed by atoms with Crippen LogP contribution in [0.15, 0.2) is 47.8 Å². The summed E-state index contributed by atoms with van der Waals surface area (Å²) >= 11 is 1.70. The molecule has 2 aromatic carbocycles. The Bertz CT molecular complexity index is 1790. The molecule has 3 aromatic heterocycles. The fourth-order valence-corrected chi connectivity index (χ4v) is 7.10. The minimum atomic E-state index is -0.847. The van der Waals surface area contributed by atoms with Crippen molar-refractivity contribution in [3.8, 4) is 11.6 Å². The largest absolute Gasteiger partial charge is 0.493 e. The van der Waals surface area contributed by atoms with Crippen molar-refractivity contribution < 1.29 is 19.7 Å². The summed E-state index contributed by atoms with van der Waals surface area (Å²) in [4.78, 5) is 18.9. The molecule has 10 heteroatoms. The van der Waals surface area contributed by atoms with Crippen molar-refractivity contribution in [2.75, 3.05) is 6.54 Å². The molecule has 1 aliphatic heterocycles. The lowest BCUT2D eigenvalue weighted by Gasteiger charge is -2.25. The van der Waals surface area contributed by atoms with Crippen LogP contribution in [0.1, 0.15) is 53.1 Å². The molecule has 2 N–H and O–H groups in total. The summed E-state index contributed by atoms with van der Waals surface area (Å²) in [5, 5.41) is 31.8. The van der Waals surface area contributed by atoms with E-state index >= 15 is 0 Å². The van der Waals surface area contributed by atoms with Crippen LogP contribution in [-0.4, -0.2) is 53.7 Å². The van der Waals surface area contributed by atoms with Gasteiger partial charge in [0.05, 0.1) is 11.9 Å². The smallest absolute Gasteiger partial charge is 0.304 e. The van der Waals surface area contributed by atoms with Gasteiger partial charge in [-0.3, -0.25) is 9.69 Å². The van der Waals surface area contributed by atoms with Crippen molar-refractivity contribution in [3.05, 3.63) is 75.8 Å². The molecule has 1 aliphatic carbocycles. The number of carboxylic acid groups (broad SMARTS) is 1. The van der Waals surface area contributed by atoms with E-state index in [1.165, 1.54) is 4.70 Å². The van der Waals surface area contributed by atoms with Gasteiger partial charge in [-0.05, 0) is 83.0 Å². The zero-order valence-electron chi connectivity index (χ0n) is 22.9. The second-order valence-corrected chi connectivity index (χ2v) is 12.2. The normalized spacial score (nSPS) is 18.2. The number of ether oxygens (including phenoxy) is 1. The van der Waals surface area contributed by atoms with Gasteiger partial charge < -0.3 is 14.9 Å². The van der Waals surface area contributed by atoms with Crippen molar-refractivity contribution >= 4 is 38.4 Å². The van der Waals surface area contributed by atoms with E-state index in [1.807, 2.05) is 32.2 Å². The van der Waals surface area contributed by atoms with Crippen molar-refractivity contribution in [2.45, 2.75) is 51.3 Å². The van der Waals surface area contributed by atoms with E-state index in [0.717, 1.165) is 69.5 Å². The van der Waals surface area contributed by atoms with Crippen molar-refractivity contribution in [1.82, 2.24) is 24.9 Å². The van der Waals surface area contributed by atoms with E-state index in [0.29, 0.717) is 19.0 Å². The maximum absolute atomic E-state index is 12.2. The van der Waals surface area contributed by atoms with Gasteiger partial charge in [0.25, 0.3) is 0 Å². The summed E-state index contributed by atoms with van der Waals surface area (Å²) in [6, 6.07) is 13.8. The first-order valence-electron chi connectivity index (χ1n) is 13.9. The highest BCUT2D eigenvalue weighted by atomic mass is 32.1. The predicted octanol–water partition coefficient (Wildman–Crippen LogP) is 5.37. The van der Waals surface area contributed by atoms with Gasteiger partial charge in [-0.15, -0.1) is 16.4 Å². The van der Waals surface area contributed by atoms with Gasteiger partial charge in [0.1, 0.15) is 23.1 Å². The van der Waals surface area contributed by atoms with Crippen molar-refractivity contribution in [1.29, 1.82) is 0 Å². The molecule has 2 aliphatic rings. The Morgan fingerprint density at radius 3 is 2.85 bits per heavy atom. The summed E-state index contributed by atoms with van der Waals surface area (Å²) in [6.45, 7) is 3.99. The van der Waals surface area contributed by atoms with Crippen LogP contribution in [0.2, 0.25) is 0 Å². The molecule has 0 amide bonds. The van der Waals surface area contributed by atoms with Crippen LogP contribution in [0, 0.1) is 12.8 Å². The van der Waals surface area contributed by atoms with Gasteiger partial charge in [-0.2, -0.15) is 0 Å². The monoisotopic (exact) mass is 569 g/mol. The number of pyridine rings is 1. The Hall–Kier alpha value is -4.02. The molecule has 1 fully saturated rings. The maximum Gasteiger partial charge on any atom is 0.304 e. The molecule has 4 heterocycles. The molecule has 5 aromatic rings. The van der Waals surface area contributed by atoms with Crippen molar-refractivity contribution in [2.24, 2.45) is 13.0 Å². The fraction of sp³-hybridized carbons (Fsp3) is 0.355. The molecule has 41 heavy (non-hydrogen) atoms. The predicted molar refractivity (Wildman–Crippen MR) is 156 cm³/mol. The lowest BCUT2D eigenvalue weighted by molar-refractivity contribution is -0.137. The van der Waals surface area contributed by atoms with E-state index in [9.17, 15) is 15.0 Å². The Morgan fingerprint density at radius 2 is 2.05 bits per heavy atom. The van der Waals surface area contributed by atoms with Gasteiger partial charge in [0, 0.05) is 43.4 Å². The first-order chi connectivity index (χ1) is 19.8. The van der Waals surface area contributed by atoms with Crippen LogP contribution in [0.25, 0.3) is 21.1 Å². The number of nitrogens with zero attached hydrogens (tertiary/aromatic N) is 5. The highest BCUT2D eigenvalue weighted by Gasteiger charge is 2.37. The average Bonchev–Trinajstić information content (AvgIpc) is 3.60. The van der Waals surface area contributed by atoms with Gasteiger partial charge in [-0.25, -0.2) is 9.67 Å². The molecule has 0 radical (unpaired) electrons. The molecule has 0 bridgehead atoms. The number of aliphatic carboxylic acids is 1. The Morgan fingerprint density at radius 1 is 1.20 bits per heavy atom. The quantitative estimate of drug-likeness (QED) is 0.269. The second-order valence-electron chi connectivity index (χ2n) is 11.3. The van der Waals surface area contributed by atoms with Crippen molar-refractivity contribution in [3.63, 3.8) is 0 Å². The standard InChI is InChI=1S/C31H31N5O4S/c1-17-22(5-6-25-30(17)33-34-35(25)2)23(13-29(38)39)20-11-19-9-10-41-31(19)21(12-20)14-36-15-24-26(7-8-28(37)32-24)40-27(16-36)18-3-4-18/h5-12,18,23,27H,3-4,13-16H2,1-2H3,(H,32,37)(H,38,39)/t23-,27-/m1/s1. The Kier molecular flexibility index (Phi) is 6.39. The molecule has 7 rings (SSSR count). The van der Waals surface area contributed by atoms with Crippen LogP contribution in [0.5, 0.6) is 11.6 Å². The van der Waals surface area contributed by atoms with Gasteiger partial charge in [0.2, 0.25) is 5.88 Å². The third kappa shape index (κ3) is 4.91. The molecular formula is C31H31N5O4S. The van der Waals surface area contributed by atoms with Gasteiger partial charge in [-0.1, -0.05) is 17.3 Å². The minimum absolute atomic E-state index is 0.00762. The molecule has 2 atom stereocenters. The lowest BCUT2D eigenvalue weighted by atomic mass is 9.84. The lowest BCUT2D eigenvalue weighted by Crippen LogP contribution is -2.34. The number of thiophene rings is 1. The number of hydrogen-bond donors (Lipinski definition) is 2. The van der Waals surface area contributed by atoms with E-state index in [-0.39, 0.29) is 24.3 Å². The molecule has 9 nitrogen and oxygen atoms in total. The third-order valence-electron chi connectivity index (χ3n) is 8.44. The highest BCUT2D eigenvalue weighted by molar-refractivity contribution is 7.17. The zero-order valence-corrected chi connectivity index (χ0v) is 23.8. The first kappa shape index (κ1) is 25.9. The average molecular weight is 570 g/mol. The summed E-state index contributed by atoms with van der Waals surface area (Å²) in [5.74, 6) is 0.0812. The number of carbonyl (C=O) groups is 1. The Balaban J connectivity index is 1.29. The fourth-order valence-electron chi connectivity index (χ4n) is 6.21. The van der Waals surface area contributed by atoms with Crippen LogP contribution in [-0.2, 0) is 24.9 Å². The van der Waals surface area contributed by atoms with Crippen LogP contribution >= 0.6 is 11.3 Å². The summed E-state index contributed by atoms with van der Waals surface area (Å²) in [5.41, 5.74) is 6.48. The molecule has 1 saturated carbocycles. The number of aromatic hydroxyl groups is 1. The number of aryl methyl sites for hydroxylation is 2. The molecule has 0 saturated heterocycles. The zero-order chi connectivity index (χ0) is 28.2. The summed E-state index contributed by atoms with van der Waals surface area (Å²) in [7, 11) is 1.86. The van der Waals surface area contributed by atoms with E-state index in [1.54, 1.807) is 22.1 Å². The first-order valence-corrected chi connectivity index (χ1v) is 14.8. The number of carboxylic acids is 1. The summed E-state index contributed by atoms with van der Waals surface area (Å²) in [6.07, 6.45) is 2.37. The molecule has 0 spiro atoms. The highest BCUT2D eigenvalue weighted by Crippen LogP contribution is 2.40. The number of fused-ring (bicyclic) bond motifs is 3. The molecule has 210 valence electrons. The van der Waals surface area contributed by atoms with E-state index in [4.69, 9.17) is 4.74 Å². The van der Waals surface area contributed by atoms with Crippen LogP contribution in [0.4, 0.5) is 0 Å². The topological polar surface area (TPSA) is 114 Å². The second kappa shape index (κ2) is 10.1. The van der Waals surface area contributed by atoms with Gasteiger partial charge >= 0.3 is 5.97 Å². The number of hydrogen-bond acceptors (Lipinski definition) is 8. The van der Waals surface area contributed by atoms with E-state index < -0.39 is 5.97 Å². The molecule has 0 unspecified atom stereocenters. The SMILES string of the molecule is Cc1c([C@H](CC(=O)O)c2cc(CN3Cc4nc(O)ccc4O[C@@H](C4CC4)C3)c3sccc3c2)ccc2c1nnn2C. The minimum Gasteiger partial charge on any atom is -0.493 e. The van der Waals surface area contributed by atoms with Crippen LogP contribution < -0.4 is 4.74 Å². The molecular weight excluding hydrogens is 538 g/mol. The third-order valence-corrected chi connectivity index (χ3v) is 9.44. The van der Waals surface area contributed by atoms with Crippen LogP contribution in [0.3, 0.4) is 0 Å².